The Morgan fingerprint density at radius 3 is 2.10 bits per heavy atom. The van der Waals surface area contributed by atoms with Gasteiger partial charge >= 0.3 is 0 Å². The normalized spacial score (nSPS) is 18.2. The number of hydrogen-bond donors (Lipinski definition) is 0. The molecule has 3 aliphatic carbocycles. The SMILES string of the molecule is CC1CC(c2ccccc2)=CC=C1N(C1=CCC(c2ccccc2)C=C1)c1ccc(-c2ccc(-n3c4c(c5ccccc53)C=CCC4)cc2)cc1. The van der Waals surface area contributed by atoms with Crippen LogP contribution >= 0.6 is 0 Å². The first-order valence-corrected chi connectivity index (χ1v) is 18.4. The van der Waals surface area contributed by atoms with Gasteiger partial charge in [-0.05, 0) is 96.0 Å². The molecule has 2 heteroatoms. The van der Waals surface area contributed by atoms with Crippen molar-refractivity contribution in [3.05, 3.63) is 204 Å². The minimum Gasteiger partial charge on any atom is -0.314 e. The van der Waals surface area contributed by atoms with Crippen LogP contribution in [0.3, 0.4) is 0 Å². The molecule has 0 fully saturated rings. The summed E-state index contributed by atoms with van der Waals surface area (Å²) in [7, 11) is 0. The molecule has 3 aliphatic rings. The van der Waals surface area contributed by atoms with E-state index in [-0.39, 0.29) is 0 Å². The summed E-state index contributed by atoms with van der Waals surface area (Å²) in [5, 5.41) is 1.33. The summed E-state index contributed by atoms with van der Waals surface area (Å²) < 4.78 is 2.46. The number of rotatable bonds is 7. The minimum absolute atomic E-state index is 0.365. The molecule has 2 nitrogen and oxygen atoms in total. The van der Waals surface area contributed by atoms with Gasteiger partial charge in [0.15, 0.2) is 0 Å². The third-order valence-electron chi connectivity index (χ3n) is 10.9. The molecule has 0 radical (unpaired) electrons. The zero-order valence-electron chi connectivity index (χ0n) is 29.1. The van der Waals surface area contributed by atoms with Crippen LogP contribution in [0.1, 0.15) is 54.5 Å². The van der Waals surface area contributed by atoms with E-state index in [1.807, 2.05) is 0 Å². The van der Waals surface area contributed by atoms with Crippen molar-refractivity contribution in [3.8, 4) is 16.8 Å². The molecule has 2 atom stereocenters. The second-order valence-electron chi connectivity index (χ2n) is 14.1. The molecule has 0 N–H and O–H groups in total. The lowest BCUT2D eigenvalue weighted by molar-refractivity contribution is 0.672. The Hall–Kier alpha value is -5.86. The van der Waals surface area contributed by atoms with Gasteiger partial charge in [0, 0.05) is 51.2 Å². The summed E-state index contributed by atoms with van der Waals surface area (Å²) in [4.78, 5) is 2.49. The molecule has 2 unspecified atom stereocenters. The summed E-state index contributed by atoms with van der Waals surface area (Å²) in [6.45, 7) is 2.37. The molecule has 0 aliphatic heterocycles. The van der Waals surface area contributed by atoms with Gasteiger partial charge in [-0.1, -0.05) is 140 Å². The molecule has 9 rings (SSSR count). The molecule has 0 spiro atoms. The van der Waals surface area contributed by atoms with Gasteiger partial charge in [-0.2, -0.15) is 0 Å². The van der Waals surface area contributed by atoms with Crippen molar-refractivity contribution < 1.29 is 0 Å². The Kier molecular flexibility index (Phi) is 8.22. The molecule has 6 aromatic rings. The number of aromatic nitrogens is 1. The van der Waals surface area contributed by atoms with Gasteiger partial charge in [0.05, 0.1) is 5.52 Å². The van der Waals surface area contributed by atoms with E-state index in [9.17, 15) is 0 Å². The molecule has 248 valence electrons. The van der Waals surface area contributed by atoms with Crippen molar-refractivity contribution in [2.45, 2.75) is 38.5 Å². The Balaban J connectivity index is 1.04. The van der Waals surface area contributed by atoms with Gasteiger partial charge in [-0.3, -0.25) is 0 Å². The fourth-order valence-corrected chi connectivity index (χ4v) is 8.26. The third kappa shape index (κ3) is 5.91. The molecule has 1 heterocycles. The predicted octanol–water partition coefficient (Wildman–Crippen LogP) is 12.7. The van der Waals surface area contributed by atoms with E-state index in [1.165, 1.54) is 72.8 Å². The van der Waals surface area contributed by atoms with Crippen molar-refractivity contribution in [3.63, 3.8) is 0 Å². The standard InChI is InChI=1S/C49H42N2/c1-35-34-41(37-14-6-3-7-15-37)26-33-47(35)50(42-27-20-38(21-28-42)36-12-4-2-5-13-36)43-29-22-39(23-30-43)40-24-31-44(32-25-40)51-48-18-10-8-16-45(48)46-17-9-11-19-49(46)51/h2-10,12-18,20,22-33,35,38H,11,19,21,34H2,1H3. The van der Waals surface area contributed by atoms with Crippen molar-refractivity contribution >= 4 is 28.2 Å². The Morgan fingerprint density at radius 2 is 1.37 bits per heavy atom. The maximum Gasteiger partial charge on any atom is 0.0537 e. The Morgan fingerprint density at radius 1 is 0.667 bits per heavy atom. The summed E-state index contributed by atoms with van der Waals surface area (Å²) in [5.74, 6) is 0.764. The number of fused-ring (bicyclic) bond motifs is 3. The van der Waals surface area contributed by atoms with Crippen LogP contribution in [-0.4, -0.2) is 4.57 Å². The van der Waals surface area contributed by atoms with Gasteiger partial charge in [0.25, 0.3) is 0 Å². The van der Waals surface area contributed by atoms with Crippen LogP contribution in [0.25, 0.3) is 39.4 Å². The third-order valence-corrected chi connectivity index (χ3v) is 10.9. The van der Waals surface area contributed by atoms with E-state index < -0.39 is 0 Å². The molecule has 0 saturated carbocycles. The topological polar surface area (TPSA) is 8.17 Å². The molecule has 0 bridgehead atoms. The molecule has 51 heavy (non-hydrogen) atoms. The summed E-state index contributed by atoms with van der Waals surface area (Å²) in [6.07, 6.45) is 20.6. The first-order valence-electron chi connectivity index (χ1n) is 18.4. The summed E-state index contributed by atoms with van der Waals surface area (Å²) in [6, 6.07) is 48.8. The van der Waals surface area contributed by atoms with E-state index >= 15 is 0 Å². The Labute approximate surface area is 301 Å². The van der Waals surface area contributed by atoms with Gasteiger partial charge in [-0.25, -0.2) is 0 Å². The molecule has 0 saturated heterocycles. The quantitative estimate of drug-likeness (QED) is 0.166. The Bertz CT molecular complexity index is 2350. The molecule has 0 amide bonds. The highest BCUT2D eigenvalue weighted by Gasteiger charge is 2.26. The van der Waals surface area contributed by atoms with E-state index in [4.69, 9.17) is 0 Å². The molecular weight excluding hydrogens is 617 g/mol. The highest BCUT2D eigenvalue weighted by Crippen LogP contribution is 2.40. The predicted molar refractivity (Wildman–Crippen MR) is 216 cm³/mol. The number of allylic oxidation sites excluding steroid dienone is 8. The first kappa shape index (κ1) is 31.1. The highest BCUT2D eigenvalue weighted by atomic mass is 15.2. The summed E-state index contributed by atoms with van der Waals surface area (Å²) in [5.41, 5.74) is 15.6. The molecular formula is C49H42N2. The molecule has 1 aromatic heterocycles. The monoisotopic (exact) mass is 658 g/mol. The van der Waals surface area contributed by atoms with Crippen LogP contribution in [0.15, 0.2) is 181 Å². The fourth-order valence-electron chi connectivity index (χ4n) is 8.26. The highest BCUT2D eigenvalue weighted by molar-refractivity contribution is 5.93. The number of para-hydroxylation sites is 1. The second-order valence-corrected chi connectivity index (χ2v) is 14.1. The zero-order chi connectivity index (χ0) is 34.1. The van der Waals surface area contributed by atoms with E-state index in [0.29, 0.717) is 11.8 Å². The number of hydrogen-bond acceptors (Lipinski definition) is 1. The van der Waals surface area contributed by atoms with E-state index in [1.54, 1.807) is 0 Å². The van der Waals surface area contributed by atoms with Crippen LogP contribution < -0.4 is 4.90 Å². The van der Waals surface area contributed by atoms with Crippen LogP contribution in [0.2, 0.25) is 0 Å². The lowest BCUT2D eigenvalue weighted by Gasteiger charge is -2.35. The summed E-state index contributed by atoms with van der Waals surface area (Å²) >= 11 is 0. The van der Waals surface area contributed by atoms with E-state index in [0.717, 1.165) is 25.7 Å². The number of anilines is 1. The van der Waals surface area contributed by atoms with Crippen LogP contribution in [0, 0.1) is 5.92 Å². The maximum atomic E-state index is 2.49. The van der Waals surface area contributed by atoms with Crippen LogP contribution in [0.5, 0.6) is 0 Å². The van der Waals surface area contributed by atoms with Crippen LogP contribution in [-0.2, 0) is 6.42 Å². The van der Waals surface area contributed by atoms with Gasteiger partial charge in [-0.15, -0.1) is 0 Å². The number of nitrogens with zero attached hydrogens (tertiary/aromatic N) is 2. The fraction of sp³-hybridized carbons (Fsp3) is 0.143. The minimum atomic E-state index is 0.365. The lowest BCUT2D eigenvalue weighted by atomic mass is 9.87. The average molecular weight is 659 g/mol. The first-order chi connectivity index (χ1) is 25.2. The van der Waals surface area contributed by atoms with Crippen molar-refractivity contribution in [1.29, 1.82) is 0 Å². The zero-order valence-corrected chi connectivity index (χ0v) is 29.1. The maximum absolute atomic E-state index is 2.49. The smallest absolute Gasteiger partial charge is 0.0537 e. The number of benzene rings is 5. The lowest BCUT2D eigenvalue weighted by Crippen LogP contribution is -2.27. The average Bonchev–Trinajstić information content (AvgIpc) is 3.54. The van der Waals surface area contributed by atoms with E-state index in [2.05, 4.69) is 192 Å². The van der Waals surface area contributed by atoms with Gasteiger partial charge in [0.1, 0.15) is 0 Å². The van der Waals surface area contributed by atoms with Gasteiger partial charge < -0.3 is 9.47 Å². The van der Waals surface area contributed by atoms with Crippen LogP contribution in [0.4, 0.5) is 5.69 Å². The largest absolute Gasteiger partial charge is 0.314 e. The van der Waals surface area contributed by atoms with Crippen molar-refractivity contribution in [1.82, 2.24) is 4.57 Å². The second kappa shape index (κ2) is 13.5. The van der Waals surface area contributed by atoms with Crippen molar-refractivity contribution in [2.75, 3.05) is 4.90 Å². The molecule has 5 aromatic carbocycles. The van der Waals surface area contributed by atoms with Gasteiger partial charge in [0.2, 0.25) is 0 Å². The van der Waals surface area contributed by atoms with Crippen molar-refractivity contribution in [2.24, 2.45) is 5.92 Å².